The molecule has 0 unspecified atom stereocenters. The number of hydrogen-bond acceptors (Lipinski definition) is 4. The molecule has 1 fully saturated rings. The molecule has 1 saturated carbocycles. The molecule has 2 aliphatic rings. The summed E-state index contributed by atoms with van der Waals surface area (Å²) in [5, 5.41) is 0. The monoisotopic (exact) mass is 232 g/mol. The normalized spacial score (nSPS) is 21.8. The Bertz CT molecular complexity index is 493. The largest absolute Gasteiger partial charge is 0.368 e. The van der Waals surface area contributed by atoms with Crippen LogP contribution >= 0.6 is 0 Å². The first-order valence-corrected chi connectivity index (χ1v) is 5.95. The van der Waals surface area contributed by atoms with Gasteiger partial charge in [0, 0.05) is 18.3 Å². The molecule has 0 saturated heterocycles. The van der Waals surface area contributed by atoms with E-state index in [1.54, 1.807) is 11.1 Å². The van der Waals surface area contributed by atoms with Gasteiger partial charge in [0.05, 0.1) is 5.41 Å². The number of carbonyl (C=O) groups excluding carboxylic acids is 1. The molecule has 2 N–H and O–H groups in total. The Labute approximate surface area is 100 Å². The van der Waals surface area contributed by atoms with Crippen molar-refractivity contribution >= 4 is 17.7 Å². The molecule has 0 bridgehead atoms. The lowest BCUT2D eigenvalue weighted by atomic mass is 9.88. The third-order valence-corrected chi connectivity index (χ3v) is 3.63. The summed E-state index contributed by atoms with van der Waals surface area (Å²) < 4.78 is 0. The molecule has 1 amide bonds. The van der Waals surface area contributed by atoms with Crippen LogP contribution in [0.2, 0.25) is 0 Å². The Morgan fingerprint density at radius 3 is 2.88 bits per heavy atom. The second-order valence-electron chi connectivity index (χ2n) is 5.45. The van der Waals surface area contributed by atoms with E-state index in [2.05, 4.69) is 9.97 Å². The summed E-state index contributed by atoms with van der Waals surface area (Å²) in [6, 6.07) is 0. The van der Waals surface area contributed by atoms with Gasteiger partial charge < -0.3 is 5.73 Å². The van der Waals surface area contributed by atoms with Crippen molar-refractivity contribution in [1.29, 1.82) is 0 Å². The van der Waals surface area contributed by atoms with E-state index >= 15 is 0 Å². The number of amides is 1. The summed E-state index contributed by atoms with van der Waals surface area (Å²) in [4.78, 5) is 22.4. The molecular weight excluding hydrogens is 216 g/mol. The van der Waals surface area contributed by atoms with Gasteiger partial charge in [-0.3, -0.25) is 9.69 Å². The zero-order valence-corrected chi connectivity index (χ0v) is 10.1. The Hall–Kier alpha value is -1.65. The molecule has 90 valence electrons. The van der Waals surface area contributed by atoms with Gasteiger partial charge in [0.15, 0.2) is 0 Å². The number of hydrogen-bond donors (Lipinski definition) is 1. The highest BCUT2D eigenvalue weighted by Gasteiger charge is 2.46. The van der Waals surface area contributed by atoms with E-state index in [1.807, 2.05) is 13.8 Å². The minimum atomic E-state index is -0.530. The van der Waals surface area contributed by atoms with Crippen LogP contribution in [-0.4, -0.2) is 22.4 Å². The lowest BCUT2D eigenvalue weighted by Gasteiger charge is -2.19. The highest BCUT2D eigenvalue weighted by atomic mass is 16.2. The molecule has 0 atom stereocenters. The van der Waals surface area contributed by atoms with E-state index < -0.39 is 5.41 Å². The lowest BCUT2D eigenvalue weighted by molar-refractivity contribution is -0.122. The number of nitrogen functional groups attached to an aromatic ring is 1. The molecule has 5 heteroatoms. The van der Waals surface area contributed by atoms with Crippen LogP contribution in [-0.2, 0) is 10.2 Å². The topological polar surface area (TPSA) is 72.1 Å². The van der Waals surface area contributed by atoms with Crippen molar-refractivity contribution in [2.24, 2.45) is 5.92 Å². The van der Waals surface area contributed by atoms with Crippen LogP contribution < -0.4 is 10.6 Å². The maximum atomic E-state index is 12.4. The van der Waals surface area contributed by atoms with Crippen LogP contribution in [0.4, 0.5) is 11.8 Å². The molecule has 0 aromatic carbocycles. The Morgan fingerprint density at radius 2 is 2.24 bits per heavy atom. The molecule has 5 nitrogen and oxygen atoms in total. The number of aromatic nitrogens is 2. The average Bonchev–Trinajstić information content (AvgIpc) is 3.05. The molecule has 1 aliphatic carbocycles. The zero-order chi connectivity index (χ0) is 12.2. The van der Waals surface area contributed by atoms with Gasteiger partial charge in [0.1, 0.15) is 5.82 Å². The SMILES string of the molecule is CC1(C)C(=O)N(CC2CC2)c2nc(N)ncc21. The number of nitrogens with two attached hydrogens (primary N) is 1. The third kappa shape index (κ3) is 1.49. The number of rotatable bonds is 2. The Kier molecular flexibility index (Phi) is 1.97. The van der Waals surface area contributed by atoms with Gasteiger partial charge in [-0.05, 0) is 32.6 Å². The van der Waals surface area contributed by atoms with Crippen molar-refractivity contribution in [2.75, 3.05) is 17.2 Å². The van der Waals surface area contributed by atoms with E-state index in [4.69, 9.17) is 5.73 Å². The number of fused-ring (bicyclic) bond motifs is 1. The Morgan fingerprint density at radius 1 is 1.53 bits per heavy atom. The van der Waals surface area contributed by atoms with Crippen molar-refractivity contribution in [3.05, 3.63) is 11.8 Å². The van der Waals surface area contributed by atoms with E-state index in [-0.39, 0.29) is 11.9 Å². The van der Waals surface area contributed by atoms with Crippen LogP contribution in [0.25, 0.3) is 0 Å². The van der Waals surface area contributed by atoms with Crippen LogP contribution in [0.5, 0.6) is 0 Å². The van der Waals surface area contributed by atoms with Gasteiger partial charge >= 0.3 is 0 Å². The second-order valence-corrected chi connectivity index (χ2v) is 5.45. The fraction of sp³-hybridized carbons (Fsp3) is 0.583. The molecule has 17 heavy (non-hydrogen) atoms. The predicted molar refractivity (Wildman–Crippen MR) is 64.5 cm³/mol. The van der Waals surface area contributed by atoms with Crippen molar-refractivity contribution in [1.82, 2.24) is 9.97 Å². The van der Waals surface area contributed by atoms with Crippen LogP contribution in [0.3, 0.4) is 0 Å². The summed E-state index contributed by atoms with van der Waals surface area (Å²) in [7, 11) is 0. The maximum absolute atomic E-state index is 12.4. The summed E-state index contributed by atoms with van der Waals surface area (Å²) in [5.41, 5.74) is 5.97. The quantitative estimate of drug-likeness (QED) is 0.828. The van der Waals surface area contributed by atoms with Gasteiger partial charge in [-0.25, -0.2) is 4.98 Å². The van der Waals surface area contributed by atoms with Crippen molar-refractivity contribution in [3.63, 3.8) is 0 Å². The standard InChI is InChI=1S/C12H16N4O/c1-12(2)8-5-14-11(13)15-9(8)16(10(12)17)6-7-3-4-7/h5,7H,3-4,6H2,1-2H3,(H2,13,14,15). The molecule has 2 heterocycles. The highest BCUT2D eigenvalue weighted by molar-refractivity contribution is 6.06. The van der Waals surface area contributed by atoms with Crippen LogP contribution in [0.15, 0.2) is 6.20 Å². The second kappa shape index (κ2) is 3.18. The molecule has 3 rings (SSSR count). The van der Waals surface area contributed by atoms with Crippen molar-refractivity contribution < 1.29 is 4.79 Å². The minimum absolute atomic E-state index is 0.110. The van der Waals surface area contributed by atoms with E-state index in [0.717, 1.165) is 12.1 Å². The fourth-order valence-electron chi connectivity index (χ4n) is 2.31. The highest BCUT2D eigenvalue weighted by Crippen LogP contribution is 2.42. The number of nitrogens with zero attached hydrogens (tertiary/aromatic N) is 3. The first-order chi connectivity index (χ1) is 8.00. The Balaban J connectivity index is 2.07. The van der Waals surface area contributed by atoms with Gasteiger partial charge in [0.2, 0.25) is 11.9 Å². The van der Waals surface area contributed by atoms with Crippen molar-refractivity contribution in [2.45, 2.75) is 32.1 Å². The number of carbonyl (C=O) groups is 1. The van der Waals surface area contributed by atoms with Gasteiger partial charge in [-0.1, -0.05) is 0 Å². The zero-order valence-electron chi connectivity index (χ0n) is 10.1. The average molecular weight is 232 g/mol. The summed E-state index contributed by atoms with van der Waals surface area (Å²) >= 11 is 0. The van der Waals surface area contributed by atoms with Crippen LogP contribution in [0.1, 0.15) is 32.3 Å². The molecule has 1 aliphatic heterocycles. The van der Waals surface area contributed by atoms with E-state index in [0.29, 0.717) is 11.7 Å². The molecule has 0 spiro atoms. The fourth-order valence-corrected chi connectivity index (χ4v) is 2.31. The number of anilines is 2. The van der Waals surface area contributed by atoms with E-state index in [1.165, 1.54) is 12.8 Å². The smallest absolute Gasteiger partial charge is 0.238 e. The summed E-state index contributed by atoms with van der Waals surface area (Å²) in [6.07, 6.45) is 4.10. The van der Waals surface area contributed by atoms with E-state index in [9.17, 15) is 4.79 Å². The molecule has 1 aromatic rings. The van der Waals surface area contributed by atoms with Crippen LogP contribution in [0, 0.1) is 5.92 Å². The van der Waals surface area contributed by atoms with Crippen molar-refractivity contribution in [3.8, 4) is 0 Å². The summed E-state index contributed by atoms with van der Waals surface area (Å²) in [6.45, 7) is 4.60. The van der Waals surface area contributed by atoms with Gasteiger partial charge in [-0.2, -0.15) is 4.98 Å². The van der Waals surface area contributed by atoms with Gasteiger partial charge in [0.25, 0.3) is 0 Å². The first kappa shape index (κ1) is 10.5. The molecule has 1 aromatic heterocycles. The maximum Gasteiger partial charge on any atom is 0.238 e. The predicted octanol–water partition coefficient (Wildman–Crippen LogP) is 1.09. The first-order valence-electron chi connectivity index (χ1n) is 5.95. The third-order valence-electron chi connectivity index (χ3n) is 3.63. The summed E-state index contributed by atoms with van der Waals surface area (Å²) in [5.74, 6) is 1.69. The van der Waals surface area contributed by atoms with Gasteiger partial charge in [-0.15, -0.1) is 0 Å². The lowest BCUT2D eigenvalue weighted by Crippen LogP contribution is -2.37. The molecule has 0 radical (unpaired) electrons. The molecular formula is C12H16N4O. The minimum Gasteiger partial charge on any atom is -0.368 e.